The third-order valence-corrected chi connectivity index (χ3v) is 4.81. The van der Waals surface area contributed by atoms with Crippen molar-refractivity contribution in [1.82, 2.24) is 0 Å². The summed E-state index contributed by atoms with van der Waals surface area (Å²) in [5, 5.41) is 19.2. The Bertz CT molecular complexity index is 684. The Morgan fingerprint density at radius 2 is 2.15 bits per heavy atom. The van der Waals surface area contributed by atoms with Gasteiger partial charge < -0.3 is 19.7 Å². The number of fused-ring (bicyclic) bond motifs is 1. The summed E-state index contributed by atoms with van der Waals surface area (Å²) in [5.41, 5.74) is 2.17. The van der Waals surface area contributed by atoms with Gasteiger partial charge in [-0.2, -0.15) is 0 Å². The molecule has 2 aliphatic rings. The first-order chi connectivity index (χ1) is 12.2. The molecule has 0 radical (unpaired) electrons. The molecular formula is C20H26O6. The third kappa shape index (κ3) is 4.51. The number of hydrogen-bond acceptors (Lipinski definition) is 6. The average molecular weight is 362 g/mol. The van der Waals surface area contributed by atoms with Gasteiger partial charge in [-0.1, -0.05) is 18.2 Å². The molecule has 142 valence electrons. The van der Waals surface area contributed by atoms with Gasteiger partial charge in [0.15, 0.2) is 0 Å². The highest BCUT2D eigenvalue weighted by Gasteiger charge is 2.44. The number of rotatable bonds is 3. The minimum Gasteiger partial charge on any atom is -0.458 e. The number of carbonyl (C=O) groups excluding carboxylic acids is 2. The van der Waals surface area contributed by atoms with Crippen LogP contribution in [0.3, 0.4) is 0 Å². The van der Waals surface area contributed by atoms with E-state index in [-0.39, 0.29) is 12.2 Å². The van der Waals surface area contributed by atoms with Crippen molar-refractivity contribution in [3.05, 3.63) is 47.1 Å². The van der Waals surface area contributed by atoms with Crippen LogP contribution in [0, 0.1) is 5.92 Å². The molecule has 1 aliphatic carbocycles. The molecule has 1 saturated heterocycles. The largest absolute Gasteiger partial charge is 0.458 e. The third-order valence-electron chi connectivity index (χ3n) is 4.81. The lowest BCUT2D eigenvalue weighted by molar-refractivity contribution is -0.147. The maximum Gasteiger partial charge on any atom is 0.334 e. The van der Waals surface area contributed by atoms with Crippen molar-refractivity contribution in [2.24, 2.45) is 5.92 Å². The van der Waals surface area contributed by atoms with Crippen LogP contribution in [0.2, 0.25) is 0 Å². The first-order valence-corrected chi connectivity index (χ1v) is 8.65. The van der Waals surface area contributed by atoms with E-state index in [4.69, 9.17) is 14.6 Å². The number of hydrogen-bond donors (Lipinski definition) is 2. The van der Waals surface area contributed by atoms with Crippen LogP contribution in [0.15, 0.2) is 47.1 Å². The van der Waals surface area contributed by atoms with Gasteiger partial charge in [-0.05, 0) is 44.9 Å². The standard InChI is InChI=1S/C20H26O6/c1-11-5-6-15(22)13(3)10-17-18(14(4)20(24)26-17)16(9-11)25-19(23)12(2)7-8-21/h5,7,10,15-18,21-22H,4,6,8-9H2,1-3H3/b11-5-,12-7+,13-10?/t15-,16-,17+,18+/m0/s1. The Hall–Kier alpha value is -2.18. The highest BCUT2D eigenvalue weighted by atomic mass is 16.6. The van der Waals surface area contributed by atoms with Gasteiger partial charge in [0, 0.05) is 17.6 Å². The molecule has 6 nitrogen and oxygen atoms in total. The SMILES string of the molecule is C=C1C(=O)O[C@@H]2C=C(C)[C@@H](O)C/C=C(/C)C[C@H](OC(=O)/C(C)=C/CO)[C@@H]12. The molecule has 0 spiro atoms. The van der Waals surface area contributed by atoms with Crippen molar-refractivity contribution >= 4 is 11.9 Å². The van der Waals surface area contributed by atoms with Crippen molar-refractivity contribution in [3.63, 3.8) is 0 Å². The Morgan fingerprint density at radius 3 is 2.81 bits per heavy atom. The molecule has 0 bridgehead atoms. The van der Waals surface area contributed by atoms with Gasteiger partial charge in [0.25, 0.3) is 0 Å². The molecule has 2 N–H and O–H groups in total. The van der Waals surface area contributed by atoms with E-state index in [1.807, 2.05) is 13.0 Å². The van der Waals surface area contributed by atoms with Gasteiger partial charge in [-0.3, -0.25) is 0 Å². The molecule has 0 aromatic carbocycles. The Morgan fingerprint density at radius 1 is 1.46 bits per heavy atom. The molecule has 4 atom stereocenters. The fraction of sp³-hybridized carbons (Fsp3) is 0.500. The molecule has 0 aromatic heterocycles. The zero-order chi connectivity index (χ0) is 19.4. The van der Waals surface area contributed by atoms with Crippen molar-refractivity contribution in [1.29, 1.82) is 0 Å². The lowest BCUT2D eigenvalue weighted by Crippen LogP contribution is -2.34. The molecule has 1 aliphatic heterocycles. The zero-order valence-corrected chi connectivity index (χ0v) is 15.4. The molecule has 0 saturated carbocycles. The van der Waals surface area contributed by atoms with Gasteiger partial charge >= 0.3 is 11.9 Å². The quantitative estimate of drug-likeness (QED) is 0.453. The van der Waals surface area contributed by atoms with Crippen LogP contribution in [0.25, 0.3) is 0 Å². The van der Waals surface area contributed by atoms with E-state index in [1.54, 1.807) is 19.9 Å². The summed E-state index contributed by atoms with van der Waals surface area (Å²) in [4.78, 5) is 24.4. The van der Waals surface area contributed by atoms with Crippen LogP contribution in [-0.4, -0.2) is 47.1 Å². The number of aliphatic hydroxyl groups is 2. The molecule has 26 heavy (non-hydrogen) atoms. The van der Waals surface area contributed by atoms with Crippen molar-refractivity contribution in [2.75, 3.05) is 6.61 Å². The van der Waals surface area contributed by atoms with E-state index in [0.29, 0.717) is 24.0 Å². The maximum atomic E-state index is 12.3. The molecule has 0 unspecified atom stereocenters. The molecule has 6 heteroatoms. The molecular weight excluding hydrogens is 336 g/mol. The number of aliphatic hydroxyl groups excluding tert-OH is 2. The average Bonchev–Trinajstić information content (AvgIpc) is 2.85. The Labute approximate surface area is 153 Å². The highest BCUT2D eigenvalue weighted by molar-refractivity contribution is 5.92. The first-order valence-electron chi connectivity index (χ1n) is 8.65. The fourth-order valence-corrected chi connectivity index (χ4v) is 3.14. The normalized spacial score (nSPS) is 32.1. The van der Waals surface area contributed by atoms with Crippen LogP contribution in [0.4, 0.5) is 0 Å². The minimum atomic E-state index is -0.660. The van der Waals surface area contributed by atoms with Gasteiger partial charge in [0.05, 0.1) is 18.6 Å². The van der Waals surface area contributed by atoms with E-state index in [0.717, 1.165) is 5.57 Å². The minimum absolute atomic E-state index is 0.253. The monoisotopic (exact) mass is 362 g/mol. The second-order valence-electron chi connectivity index (χ2n) is 6.85. The second-order valence-corrected chi connectivity index (χ2v) is 6.85. The van der Waals surface area contributed by atoms with E-state index >= 15 is 0 Å². The number of ether oxygens (including phenoxy) is 2. The van der Waals surface area contributed by atoms with Crippen molar-refractivity contribution in [2.45, 2.75) is 51.9 Å². The lowest BCUT2D eigenvalue weighted by atomic mass is 9.85. The van der Waals surface area contributed by atoms with Crippen LogP contribution in [0.5, 0.6) is 0 Å². The van der Waals surface area contributed by atoms with Crippen LogP contribution in [0.1, 0.15) is 33.6 Å². The van der Waals surface area contributed by atoms with Crippen molar-refractivity contribution in [3.8, 4) is 0 Å². The summed E-state index contributed by atoms with van der Waals surface area (Å²) in [6.07, 6.45) is 3.87. The van der Waals surface area contributed by atoms with E-state index in [2.05, 4.69) is 6.58 Å². The molecule has 1 fully saturated rings. The van der Waals surface area contributed by atoms with Gasteiger partial charge in [-0.15, -0.1) is 0 Å². The van der Waals surface area contributed by atoms with E-state index < -0.39 is 36.2 Å². The summed E-state index contributed by atoms with van der Waals surface area (Å²) in [6.45, 7) is 8.79. The lowest BCUT2D eigenvalue weighted by Gasteiger charge is -2.28. The summed E-state index contributed by atoms with van der Waals surface area (Å²) in [7, 11) is 0. The van der Waals surface area contributed by atoms with Crippen LogP contribution >= 0.6 is 0 Å². The zero-order valence-electron chi connectivity index (χ0n) is 15.4. The van der Waals surface area contributed by atoms with E-state index in [9.17, 15) is 14.7 Å². The fourth-order valence-electron chi connectivity index (χ4n) is 3.14. The first kappa shape index (κ1) is 20.1. The Kier molecular flexibility index (Phi) is 6.56. The predicted molar refractivity (Wildman–Crippen MR) is 96.0 cm³/mol. The molecule has 0 amide bonds. The van der Waals surface area contributed by atoms with Crippen LogP contribution < -0.4 is 0 Å². The van der Waals surface area contributed by atoms with E-state index in [1.165, 1.54) is 6.08 Å². The summed E-state index contributed by atoms with van der Waals surface area (Å²) < 4.78 is 11.1. The second kappa shape index (κ2) is 8.47. The maximum absolute atomic E-state index is 12.3. The molecule has 2 rings (SSSR count). The smallest absolute Gasteiger partial charge is 0.334 e. The molecule has 1 heterocycles. The van der Waals surface area contributed by atoms with Crippen molar-refractivity contribution < 1.29 is 29.3 Å². The summed E-state index contributed by atoms with van der Waals surface area (Å²) >= 11 is 0. The van der Waals surface area contributed by atoms with Gasteiger partial charge in [-0.25, -0.2) is 9.59 Å². The molecule has 0 aromatic rings. The van der Waals surface area contributed by atoms with Gasteiger partial charge in [0.2, 0.25) is 0 Å². The number of esters is 2. The van der Waals surface area contributed by atoms with Gasteiger partial charge in [0.1, 0.15) is 12.2 Å². The number of carbonyl (C=O) groups is 2. The summed E-state index contributed by atoms with van der Waals surface area (Å²) in [6, 6.07) is 0. The highest BCUT2D eigenvalue weighted by Crippen LogP contribution is 2.36. The topological polar surface area (TPSA) is 93.1 Å². The summed E-state index contributed by atoms with van der Waals surface area (Å²) in [5.74, 6) is -1.61. The Balaban J connectivity index is 2.39. The van der Waals surface area contributed by atoms with Crippen LogP contribution in [-0.2, 0) is 19.1 Å². The predicted octanol–water partition coefficient (Wildman–Crippen LogP) is 1.98.